The van der Waals surface area contributed by atoms with Crippen LogP contribution in [0.25, 0.3) is 9.40 Å². The third kappa shape index (κ3) is 2.29. The van der Waals surface area contributed by atoms with Crippen LogP contribution in [0.5, 0.6) is 0 Å². The van der Waals surface area contributed by atoms with E-state index in [9.17, 15) is 4.39 Å². The van der Waals surface area contributed by atoms with Crippen LogP contribution in [0.3, 0.4) is 0 Å². The summed E-state index contributed by atoms with van der Waals surface area (Å²) < 4.78 is 15.9. The molecule has 86 valence electrons. The van der Waals surface area contributed by atoms with Crippen molar-refractivity contribution in [1.82, 2.24) is 0 Å². The van der Waals surface area contributed by atoms with Crippen molar-refractivity contribution < 1.29 is 4.39 Å². The second-order valence-electron chi connectivity index (χ2n) is 3.37. The molecule has 0 aliphatic carbocycles. The molecule has 0 fully saturated rings. The van der Waals surface area contributed by atoms with E-state index in [1.807, 2.05) is 36.4 Å². The van der Waals surface area contributed by atoms with E-state index in [1.54, 1.807) is 11.3 Å². The number of halogens is 2. The zero-order chi connectivity index (χ0) is 11.8. The van der Waals surface area contributed by atoms with Crippen molar-refractivity contribution in [2.75, 3.05) is 0 Å². The minimum atomic E-state index is -0.0902. The summed E-state index contributed by atoms with van der Waals surface area (Å²) in [7, 11) is 0. The van der Waals surface area contributed by atoms with Gasteiger partial charge in [-0.3, -0.25) is 0 Å². The smallest absolute Gasteiger partial charge is 0.192 e. The summed E-state index contributed by atoms with van der Waals surface area (Å²) in [5.41, 5.74) is 0. The van der Waals surface area contributed by atoms with E-state index in [2.05, 4.69) is 15.9 Å². The predicted octanol–water partition coefficient (Wildman–Crippen LogP) is 6.02. The number of benzene rings is 1. The van der Waals surface area contributed by atoms with Crippen molar-refractivity contribution in [2.24, 2.45) is 0 Å². The third-order valence-corrected chi connectivity index (χ3v) is 6.20. The van der Waals surface area contributed by atoms with Crippen molar-refractivity contribution in [1.29, 1.82) is 0 Å². The van der Waals surface area contributed by atoms with Crippen LogP contribution in [0.15, 0.2) is 50.0 Å². The standard InChI is InChI=1S/C12H6BrFS3/c13-9-6-8-10(11(14)17-12(8)16-9)15-7-4-2-1-3-5-7/h1-6H. The fourth-order valence-corrected chi connectivity index (χ4v) is 5.73. The Bertz CT molecular complexity index is 657. The predicted molar refractivity (Wildman–Crippen MR) is 77.9 cm³/mol. The van der Waals surface area contributed by atoms with Crippen LogP contribution < -0.4 is 0 Å². The Balaban J connectivity index is 2.07. The van der Waals surface area contributed by atoms with Gasteiger partial charge in [0.15, 0.2) is 5.13 Å². The highest BCUT2D eigenvalue weighted by molar-refractivity contribution is 9.11. The van der Waals surface area contributed by atoms with Crippen LogP contribution in [-0.2, 0) is 0 Å². The molecule has 0 bridgehead atoms. The Morgan fingerprint density at radius 3 is 2.65 bits per heavy atom. The molecule has 0 amide bonds. The first kappa shape index (κ1) is 11.7. The maximum Gasteiger partial charge on any atom is 0.192 e. The zero-order valence-electron chi connectivity index (χ0n) is 8.44. The SMILES string of the molecule is Fc1sc2sc(Br)cc2c1Sc1ccccc1. The van der Waals surface area contributed by atoms with Crippen LogP contribution >= 0.6 is 50.4 Å². The van der Waals surface area contributed by atoms with Gasteiger partial charge < -0.3 is 0 Å². The second-order valence-corrected chi connectivity index (χ2v) is 8.12. The normalized spacial score (nSPS) is 11.2. The molecular formula is C12H6BrFS3. The third-order valence-electron chi connectivity index (χ3n) is 2.24. The molecule has 0 unspecified atom stereocenters. The topological polar surface area (TPSA) is 0 Å². The molecule has 0 aliphatic rings. The number of rotatable bonds is 2. The monoisotopic (exact) mass is 344 g/mol. The van der Waals surface area contributed by atoms with Gasteiger partial charge in [-0.2, -0.15) is 4.39 Å². The van der Waals surface area contributed by atoms with E-state index in [4.69, 9.17) is 0 Å². The molecule has 0 saturated heterocycles. The summed E-state index contributed by atoms with van der Waals surface area (Å²) in [6.07, 6.45) is 0. The summed E-state index contributed by atoms with van der Waals surface area (Å²) in [6, 6.07) is 11.9. The average molecular weight is 345 g/mol. The second kappa shape index (κ2) is 4.72. The highest BCUT2D eigenvalue weighted by atomic mass is 79.9. The first-order chi connectivity index (χ1) is 8.24. The van der Waals surface area contributed by atoms with Crippen LogP contribution in [0.4, 0.5) is 4.39 Å². The van der Waals surface area contributed by atoms with Gasteiger partial charge in [-0.05, 0) is 34.1 Å². The Morgan fingerprint density at radius 2 is 1.88 bits per heavy atom. The molecule has 3 rings (SSSR count). The fraction of sp³-hybridized carbons (Fsp3) is 0. The number of fused-ring (bicyclic) bond motifs is 1. The largest absolute Gasteiger partial charge is 0.194 e. The maximum atomic E-state index is 13.8. The Morgan fingerprint density at radius 1 is 1.12 bits per heavy atom. The molecule has 0 radical (unpaired) electrons. The van der Waals surface area contributed by atoms with Crippen LogP contribution in [0.1, 0.15) is 0 Å². The molecule has 0 atom stereocenters. The van der Waals surface area contributed by atoms with Gasteiger partial charge in [-0.15, -0.1) is 11.3 Å². The van der Waals surface area contributed by atoms with Gasteiger partial charge in [0.25, 0.3) is 0 Å². The van der Waals surface area contributed by atoms with Crippen molar-refractivity contribution >= 4 is 59.8 Å². The van der Waals surface area contributed by atoms with E-state index in [0.29, 0.717) is 0 Å². The fourth-order valence-electron chi connectivity index (χ4n) is 1.51. The molecule has 1 aromatic carbocycles. The molecule has 2 heterocycles. The van der Waals surface area contributed by atoms with E-state index in [1.165, 1.54) is 23.1 Å². The Hall–Kier alpha value is -0.360. The number of hydrogen-bond donors (Lipinski definition) is 0. The molecule has 17 heavy (non-hydrogen) atoms. The summed E-state index contributed by atoms with van der Waals surface area (Å²) in [6.45, 7) is 0. The highest BCUT2D eigenvalue weighted by Crippen LogP contribution is 2.45. The van der Waals surface area contributed by atoms with Crippen molar-refractivity contribution in [3.8, 4) is 0 Å². The molecule has 0 nitrogen and oxygen atoms in total. The lowest BCUT2D eigenvalue weighted by Crippen LogP contribution is -1.73. The van der Waals surface area contributed by atoms with Gasteiger partial charge in [0.2, 0.25) is 0 Å². The first-order valence-corrected chi connectivity index (χ1v) is 8.08. The average Bonchev–Trinajstić information content (AvgIpc) is 2.79. The van der Waals surface area contributed by atoms with Gasteiger partial charge in [-0.1, -0.05) is 41.3 Å². The lowest BCUT2D eigenvalue weighted by atomic mass is 10.4. The quantitative estimate of drug-likeness (QED) is 0.548. The van der Waals surface area contributed by atoms with Crippen LogP contribution in [-0.4, -0.2) is 0 Å². The van der Waals surface area contributed by atoms with Crippen molar-refractivity contribution in [3.63, 3.8) is 0 Å². The molecule has 2 aromatic heterocycles. The summed E-state index contributed by atoms with van der Waals surface area (Å²) >= 11 is 7.73. The van der Waals surface area contributed by atoms with E-state index in [-0.39, 0.29) is 5.13 Å². The Kier molecular flexibility index (Phi) is 3.25. The maximum absolute atomic E-state index is 13.8. The van der Waals surface area contributed by atoms with Gasteiger partial charge in [-0.25, -0.2) is 0 Å². The molecular weight excluding hydrogens is 339 g/mol. The zero-order valence-corrected chi connectivity index (χ0v) is 12.5. The molecule has 0 aliphatic heterocycles. The van der Waals surface area contributed by atoms with Crippen molar-refractivity contribution in [3.05, 3.63) is 45.3 Å². The van der Waals surface area contributed by atoms with E-state index >= 15 is 0 Å². The summed E-state index contributed by atoms with van der Waals surface area (Å²) in [5.74, 6) is 0. The molecule has 3 aromatic rings. The number of thiophene rings is 2. The summed E-state index contributed by atoms with van der Waals surface area (Å²) in [5, 5.41) is 0.922. The van der Waals surface area contributed by atoms with E-state index in [0.717, 1.165) is 23.0 Å². The molecule has 5 heteroatoms. The Labute approximate surface area is 119 Å². The van der Waals surface area contributed by atoms with Gasteiger partial charge in [0.1, 0.15) is 0 Å². The van der Waals surface area contributed by atoms with E-state index < -0.39 is 0 Å². The van der Waals surface area contributed by atoms with Gasteiger partial charge in [0.05, 0.1) is 12.7 Å². The first-order valence-electron chi connectivity index (χ1n) is 4.84. The minimum Gasteiger partial charge on any atom is -0.194 e. The minimum absolute atomic E-state index is 0.0902. The van der Waals surface area contributed by atoms with Crippen molar-refractivity contribution in [2.45, 2.75) is 9.79 Å². The van der Waals surface area contributed by atoms with Gasteiger partial charge in [0, 0.05) is 10.3 Å². The van der Waals surface area contributed by atoms with Gasteiger partial charge >= 0.3 is 0 Å². The summed E-state index contributed by atoms with van der Waals surface area (Å²) in [4.78, 5) is 1.80. The van der Waals surface area contributed by atoms with Crippen LogP contribution in [0, 0.1) is 5.13 Å². The number of hydrogen-bond acceptors (Lipinski definition) is 3. The lowest BCUT2D eigenvalue weighted by molar-refractivity contribution is 0.636. The highest BCUT2D eigenvalue weighted by Gasteiger charge is 2.15. The molecule has 0 saturated carbocycles. The molecule has 0 spiro atoms. The van der Waals surface area contributed by atoms with Crippen LogP contribution in [0.2, 0.25) is 0 Å². The lowest BCUT2D eigenvalue weighted by Gasteiger charge is -1.98. The molecule has 0 N–H and O–H groups in total.